The van der Waals surface area contributed by atoms with Gasteiger partial charge in [0, 0.05) is 0 Å². The first kappa shape index (κ1) is 17.9. The Bertz CT molecular complexity index is 707. The number of ether oxygens (including phenoxy) is 2. The molecule has 2 aromatic carbocycles. The molecule has 0 bridgehead atoms. The number of carbonyl (C=O) groups is 1. The van der Waals surface area contributed by atoms with Gasteiger partial charge in [0.15, 0.2) is 0 Å². The third kappa shape index (κ3) is 4.51. The quantitative estimate of drug-likeness (QED) is 0.827. The van der Waals surface area contributed by atoms with Crippen LogP contribution in [-0.2, 0) is 11.2 Å². The molecular weight excluding hydrogens is 304 g/mol. The summed E-state index contributed by atoms with van der Waals surface area (Å²) in [7, 11) is 1.60. The third-order valence-electron chi connectivity index (χ3n) is 3.86. The molecule has 0 aliphatic rings. The molecule has 0 heterocycles. The fourth-order valence-corrected chi connectivity index (χ4v) is 2.75. The molecule has 4 nitrogen and oxygen atoms in total. The highest BCUT2D eigenvalue weighted by Gasteiger charge is 2.22. The summed E-state index contributed by atoms with van der Waals surface area (Å²) in [6.45, 7) is 5.84. The van der Waals surface area contributed by atoms with Gasteiger partial charge < -0.3 is 14.6 Å². The van der Waals surface area contributed by atoms with E-state index in [0.29, 0.717) is 6.42 Å². The summed E-state index contributed by atoms with van der Waals surface area (Å²) in [6.07, 6.45) is 0.497. The fourth-order valence-electron chi connectivity index (χ4n) is 2.75. The van der Waals surface area contributed by atoms with Crippen LogP contribution in [0.2, 0.25) is 0 Å². The SMILES string of the molecule is COc1ccc(C(Cc2cccc(OC(C)C)c2)C(=O)O)c(C)c1. The Kier molecular flexibility index (Phi) is 5.85. The lowest BCUT2D eigenvalue weighted by atomic mass is 9.89. The van der Waals surface area contributed by atoms with E-state index in [4.69, 9.17) is 9.47 Å². The molecule has 128 valence electrons. The minimum Gasteiger partial charge on any atom is -0.497 e. The van der Waals surface area contributed by atoms with Gasteiger partial charge in [-0.05, 0) is 68.1 Å². The van der Waals surface area contributed by atoms with Crippen LogP contribution in [0.3, 0.4) is 0 Å². The largest absolute Gasteiger partial charge is 0.497 e. The van der Waals surface area contributed by atoms with Crippen LogP contribution in [0, 0.1) is 6.92 Å². The molecule has 0 aliphatic heterocycles. The number of hydrogen-bond donors (Lipinski definition) is 1. The average molecular weight is 328 g/mol. The topological polar surface area (TPSA) is 55.8 Å². The normalized spacial score (nSPS) is 12.0. The van der Waals surface area contributed by atoms with Crippen LogP contribution >= 0.6 is 0 Å². The maximum absolute atomic E-state index is 11.8. The van der Waals surface area contributed by atoms with Gasteiger partial charge in [-0.15, -0.1) is 0 Å². The molecule has 0 aromatic heterocycles. The highest BCUT2D eigenvalue weighted by atomic mass is 16.5. The van der Waals surface area contributed by atoms with Crippen molar-refractivity contribution in [3.05, 3.63) is 59.2 Å². The number of carboxylic acids is 1. The maximum Gasteiger partial charge on any atom is 0.311 e. The van der Waals surface area contributed by atoms with Crippen LogP contribution in [0.25, 0.3) is 0 Å². The van der Waals surface area contributed by atoms with Gasteiger partial charge in [-0.1, -0.05) is 18.2 Å². The summed E-state index contributed by atoms with van der Waals surface area (Å²) in [5.41, 5.74) is 2.66. The lowest BCUT2D eigenvalue weighted by Gasteiger charge is -2.17. The molecule has 0 spiro atoms. The summed E-state index contributed by atoms with van der Waals surface area (Å²) < 4.78 is 10.9. The second-order valence-electron chi connectivity index (χ2n) is 6.13. The van der Waals surface area contributed by atoms with Crippen molar-refractivity contribution in [1.82, 2.24) is 0 Å². The van der Waals surface area contributed by atoms with E-state index in [1.807, 2.05) is 57.2 Å². The zero-order chi connectivity index (χ0) is 17.7. The highest BCUT2D eigenvalue weighted by molar-refractivity contribution is 5.77. The second kappa shape index (κ2) is 7.86. The predicted molar refractivity (Wildman–Crippen MR) is 94.0 cm³/mol. The molecule has 2 rings (SSSR count). The van der Waals surface area contributed by atoms with Gasteiger partial charge in [0.25, 0.3) is 0 Å². The summed E-state index contributed by atoms with van der Waals surface area (Å²) in [5, 5.41) is 9.69. The van der Waals surface area contributed by atoms with Gasteiger partial charge >= 0.3 is 5.97 Å². The molecule has 1 N–H and O–H groups in total. The van der Waals surface area contributed by atoms with Crippen LogP contribution in [0.5, 0.6) is 11.5 Å². The molecule has 1 unspecified atom stereocenters. The van der Waals surface area contributed by atoms with Crippen LogP contribution in [-0.4, -0.2) is 24.3 Å². The second-order valence-corrected chi connectivity index (χ2v) is 6.13. The van der Waals surface area contributed by atoms with Gasteiger partial charge in [-0.25, -0.2) is 0 Å². The molecular formula is C20H24O4. The summed E-state index contributed by atoms with van der Waals surface area (Å²) in [5.74, 6) is 0.0504. The van der Waals surface area contributed by atoms with Gasteiger partial charge in [0.1, 0.15) is 11.5 Å². The van der Waals surface area contributed by atoms with E-state index in [9.17, 15) is 9.90 Å². The fraction of sp³-hybridized carbons (Fsp3) is 0.350. The van der Waals surface area contributed by atoms with Crippen molar-refractivity contribution in [1.29, 1.82) is 0 Å². The number of carboxylic acid groups (broad SMARTS) is 1. The zero-order valence-corrected chi connectivity index (χ0v) is 14.6. The first-order chi connectivity index (χ1) is 11.4. The van der Waals surface area contributed by atoms with Gasteiger partial charge in [0.2, 0.25) is 0 Å². The summed E-state index contributed by atoms with van der Waals surface area (Å²) >= 11 is 0. The standard InChI is InChI=1S/C20H24O4/c1-13(2)24-17-7-5-6-15(11-17)12-19(20(21)22)18-9-8-16(23-4)10-14(18)3/h5-11,13,19H,12H2,1-4H3,(H,21,22). The molecule has 0 saturated heterocycles. The van der Waals surface area contributed by atoms with Crippen molar-refractivity contribution in [2.24, 2.45) is 0 Å². The van der Waals surface area contributed by atoms with E-state index in [1.165, 1.54) is 0 Å². The number of benzene rings is 2. The number of rotatable bonds is 7. The molecule has 1 atom stereocenters. The smallest absolute Gasteiger partial charge is 0.311 e. The number of hydrogen-bond acceptors (Lipinski definition) is 3. The van der Waals surface area contributed by atoms with E-state index < -0.39 is 11.9 Å². The van der Waals surface area contributed by atoms with Crippen LogP contribution in [0.4, 0.5) is 0 Å². The van der Waals surface area contributed by atoms with Crippen LogP contribution in [0.1, 0.15) is 36.5 Å². The number of aliphatic carboxylic acids is 1. The highest BCUT2D eigenvalue weighted by Crippen LogP contribution is 2.28. The minimum absolute atomic E-state index is 0.0827. The van der Waals surface area contributed by atoms with E-state index in [1.54, 1.807) is 13.2 Å². The van der Waals surface area contributed by atoms with Crippen molar-refractivity contribution in [3.8, 4) is 11.5 Å². The van der Waals surface area contributed by atoms with Gasteiger partial charge in [-0.2, -0.15) is 0 Å². The molecule has 0 amide bonds. The summed E-state index contributed by atoms with van der Waals surface area (Å²) in [6, 6.07) is 13.1. The third-order valence-corrected chi connectivity index (χ3v) is 3.86. The van der Waals surface area contributed by atoms with E-state index in [0.717, 1.165) is 28.2 Å². The Morgan fingerprint density at radius 2 is 1.88 bits per heavy atom. The predicted octanol–water partition coefficient (Wildman–Crippen LogP) is 4.20. The van der Waals surface area contributed by atoms with E-state index in [2.05, 4.69) is 0 Å². The first-order valence-corrected chi connectivity index (χ1v) is 8.03. The van der Waals surface area contributed by atoms with E-state index in [-0.39, 0.29) is 6.10 Å². The first-order valence-electron chi connectivity index (χ1n) is 8.03. The van der Waals surface area contributed by atoms with Crippen molar-refractivity contribution < 1.29 is 19.4 Å². The minimum atomic E-state index is -0.835. The van der Waals surface area contributed by atoms with Gasteiger partial charge in [-0.3, -0.25) is 4.79 Å². The van der Waals surface area contributed by atoms with Gasteiger partial charge in [0.05, 0.1) is 19.1 Å². The number of methoxy groups -OCH3 is 1. The Labute approximate surface area is 143 Å². The Morgan fingerprint density at radius 1 is 1.12 bits per heavy atom. The van der Waals surface area contributed by atoms with Crippen LogP contribution < -0.4 is 9.47 Å². The monoisotopic (exact) mass is 328 g/mol. The molecule has 0 saturated carbocycles. The Hall–Kier alpha value is -2.49. The van der Waals surface area contributed by atoms with Crippen LogP contribution in [0.15, 0.2) is 42.5 Å². The van der Waals surface area contributed by atoms with E-state index >= 15 is 0 Å². The Morgan fingerprint density at radius 3 is 2.46 bits per heavy atom. The van der Waals surface area contributed by atoms with Crippen molar-refractivity contribution in [3.63, 3.8) is 0 Å². The molecule has 4 heteroatoms. The average Bonchev–Trinajstić information content (AvgIpc) is 2.52. The lowest BCUT2D eigenvalue weighted by Crippen LogP contribution is -2.16. The number of aryl methyl sites for hydroxylation is 1. The molecule has 0 radical (unpaired) electrons. The van der Waals surface area contributed by atoms with Crippen molar-refractivity contribution in [2.75, 3.05) is 7.11 Å². The molecule has 0 aliphatic carbocycles. The molecule has 2 aromatic rings. The summed E-state index contributed by atoms with van der Waals surface area (Å²) in [4.78, 5) is 11.8. The maximum atomic E-state index is 11.8. The zero-order valence-electron chi connectivity index (χ0n) is 14.6. The van der Waals surface area contributed by atoms with Crippen molar-refractivity contribution in [2.45, 2.75) is 39.2 Å². The molecule has 24 heavy (non-hydrogen) atoms. The lowest BCUT2D eigenvalue weighted by molar-refractivity contribution is -0.138. The van der Waals surface area contributed by atoms with Crippen molar-refractivity contribution >= 4 is 5.97 Å². The Balaban J connectivity index is 2.28. The molecule has 0 fully saturated rings.